The Hall–Kier alpha value is -2.50. The van der Waals surface area contributed by atoms with Crippen molar-refractivity contribution in [1.29, 1.82) is 5.26 Å². The molecule has 1 aliphatic rings. The zero-order chi connectivity index (χ0) is 19.4. The van der Waals surface area contributed by atoms with Crippen LogP contribution in [0.2, 0.25) is 0 Å². The van der Waals surface area contributed by atoms with Crippen molar-refractivity contribution in [2.45, 2.75) is 24.8 Å². The van der Waals surface area contributed by atoms with Gasteiger partial charge in [0.2, 0.25) is 0 Å². The smallest absolute Gasteiger partial charge is 0.409 e. The van der Waals surface area contributed by atoms with Crippen molar-refractivity contribution in [3.05, 3.63) is 45.8 Å². The van der Waals surface area contributed by atoms with Crippen LogP contribution in [0, 0.1) is 11.3 Å². The molecule has 0 saturated carbocycles. The molecule has 0 aliphatic carbocycles. The van der Waals surface area contributed by atoms with Gasteiger partial charge < -0.3 is 15.0 Å². The van der Waals surface area contributed by atoms with Crippen molar-refractivity contribution in [3.8, 4) is 6.07 Å². The molecule has 0 unspecified atom stereocenters. The Bertz CT molecular complexity index is 917. The van der Waals surface area contributed by atoms with E-state index in [1.165, 1.54) is 18.4 Å². The van der Waals surface area contributed by atoms with Crippen LogP contribution in [0.4, 0.5) is 9.80 Å². The Balaban J connectivity index is 1.83. The lowest BCUT2D eigenvalue weighted by Crippen LogP contribution is -2.35. The second-order valence-corrected chi connectivity index (χ2v) is 8.32. The van der Waals surface area contributed by atoms with Crippen molar-refractivity contribution in [3.63, 3.8) is 0 Å². The average Bonchev–Trinajstić information content (AvgIpc) is 3.03. The van der Waals surface area contributed by atoms with E-state index >= 15 is 0 Å². The summed E-state index contributed by atoms with van der Waals surface area (Å²) in [5, 5.41) is 13.0. The highest BCUT2D eigenvalue weighted by Gasteiger charge is 2.28. The van der Waals surface area contributed by atoms with Crippen LogP contribution < -0.4 is 5.32 Å². The molecular formula is C19H19N3O3S2. The fraction of sp³-hybridized carbons (Fsp3) is 0.316. The predicted octanol–water partition coefficient (Wildman–Crippen LogP) is 4.11. The number of nitriles is 1. The summed E-state index contributed by atoms with van der Waals surface area (Å²) >= 11 is 3.02. The van der Waals surface area contributed by atoms with Crippen LogP contribution in [0.15, 0.2) is 29.2 Å². The van der Waals surface area contributed by atoms with Crippen LogP contribution in [0.3, 0.4) is 0 Å². The molecule has 0 radical (unpaired) electrons. The summed E-state index contributed by atoms with van der Waals surface area (Å²) in [7, 11) is 1.35. The van der Waals surface area contributed by atoms with Crippen molar-refractivity contribution in [1.82, 2.24) is 4.90 Å². The number of fused-ring (bicyclic) bond motifs is 1. The Morgan fingerprint density at radius 3 is 2.96 bits per heavy atom. The first-order valence-corrected chi connectivity index (χ1v) is 10.3. The minimum absolute atomic E-state index is 0.242. The van der Waals surface area contributed by atoms with Gasteiger partial charge in [-0.05, 0) is 35.9 Å². The third kappa shape index (κ3) is 4.10. The molecule has 0 spiro atoms. The molecule has 1 N–H and O–H groups in total. The average molecular weight is 402 g/mol. The number of hydrogen-bond acceptors (Lipinski definition) is 6. The maximum Gasteiger partial charge on any atom is 0.409 e. The van der Waals surface area contributed by atoms with Crippen molar-refractivity contribution in [2.75, 3.05) is 24.7 Å². The van der Waals surface area contributed by atoms with Crippen molar-refractivity contribution in [2.24, 2.45) is 0 Å². The third-order valence-corrected chi connectivity index (χ3v) is 6.24. The van der Waals surface area contributed by atoms with Crippen LogP contribution in [0.1, 0.15) is 33.3 Å². The van der Waals surface area contributed by atoms with Gasteiger partial charge in [-0.1, -0.05) is 13.0 Å². The minimum Gasteiger partial charge on any atom is -0.453 e. The molecule has 1 aromatic heterocycles. The van der Waals surface area contributed by atoms with E-state index in [9.17, 15) is 14.9 Å². The Morgan fingerprint density at radius 2 is 2.26 bits per heavy atom. The zero-order valence-electron chi connectivity index (χ0n) is 15.1. The molecule has 1 aliphatic heterocycles. The zero-order valence-corrected chi connectivity index (χ0v) is 16.7. The Labute approximate surface area is 166 Å². The Morgan fingerprint density at radius 1 is 1.44 bits per heavy atom. The van der Waals surface area contributed by atoms with Gasteiger partial charge in [-0.2, -0.15) is 5.26 Å². The molecule has 8 heteroatoms. The number of carbonyl (C=O) groups excluding carboxylic acids is 2. The molecule has 2 amide bonds. The number of nitrogens with one attached hydrogen (secondary N) is 1. The molecule has 27 heavy (non-hydrogen) atoms. The highest BCUT2D eigenvalue weighted by molar-refractivity contribution is 7.99. The fourth-order valence-corrected chi connectivity index (χ4v) is 4.89. The lowest BCUT2D eigenvalue weighted by atomic mass is 10.0. The van der Waals surface area contributed by atoms with Crippen molar-refractivity contribution >= 4 is 40.1 Å². The van der Waals surface area contributed by atoms with E-state index in [4.69, 9.17) is 4.74 Å². The van der Waals surface area contributed by atoms with Gasteiger partial charge in [0.1, 0.15) is 11.1 Å². The second kappa shape index (κ2) is 8.46. The van der Waals surface area contributed by atoms with Gasteiger partial charge in [0, 0.05) is 21.9 Å². The molecule has 3 rings (SSSR count). The minimum atomic E-state index is -0.386. The van der Waals surface area contributed by atoms with Crippen LogP contribution in [0.25, 0.3) is 0 Å². The summed E-state index contributed by atoms with van der Waals surface area (Å²) in [5.41, 5.74) is 1.96. The van der Waals surface area contributed by atoms with Crippen LogP contribution in [-0.4, -0.2) is 36.3 Å². The summed E-state index contributed by atoms with van der Waals surface area (Å²) < 4.78 is 4.78. The molecule has 6 nitrogen and oxygen atoms in total. The normalized spacial score (nSPS) is 12.9. The molecule has 0 bridgehead atoms. The highest BCUT2D eigenvalue weighted by atomic mass is 32.2. The molecule has 2 aromatic rings. The van der Waals surface area contributed by atoms with E-state index in [1.54, 1.807) is 22.7 Å². The van der Waals surface area contributed by atoms with Gasteiger partial charge in [0.15, 0.2) is 0 Å². The van der Waals surface area contributed by atoms with Gasteiger partial charge in [-0.25, -0.2) is 4.79 Å². The number of benzene rings is 1. The second-order valence-electron chi connectivity index (χ2n) is 5.88. The monoisotopic (exact) mass is 401 g/mol. The molecular weight excluding hydrogens is 382 g/mol. The van der Waals surface area contributed by atoms with E-state index in [-0.39, 0.29) is 12.0 Å². The van der Waals surface area contributed by atoms with Gasteiger partial charge in [0.25, 0.3) is 5.91 Å². The largest absolute Gasteiger partial charge is 0.453 e. The summed E-state index contributed by atoms with van der Waals surface area (Å²) in [4.78, 5) is 28.0. The molecule has 0 saturated heterocycles. The lowest BCUT2D eigenvalue weighted by Gasteiger charge is -2.25. The number of carbonyl (C=O) groups is 2. The predicted molar refractivity (Wildman–Crippen MR) is 106 cm³/mol. The van der Waals surface area contributed by atoms with Crippen LogP contribution in [-0.2, 0) is 17.7 Å². The Kier molecular flexibility index (Phi) is 6.04. The maximum atomic E-state index is 12.7. The highest BCUT2D eigenvalue weighted by Crippen LogP contribution is 2.37. The number of thioether (sulfide) groups is 1. The van der Waals surface area contributed by atoms with E-state index in [2.05, 4.69) is 18.3 Å². The van der Waals surface area contributed by atoms with E-state index in [0.717, 1.165) is 21.1 Å². The first-order chi connectivity index (χ1) is 13.1. The third-order valence-electron chi connectivity index (χ3n) is 4.24. The first-order valence-electron chi connectivity index (χ1n) is 8.49. The standard InChI is InChI=1S/C19H19N3O3S2/c1-3-26-13-6-4-5-12(9-13)17(23)21-18-15(10-20)14-7-8-22(19(24)25-2)11-16(14)27-18/h4-6,9H,3,7-8,11H2,1-2H3,(H,21,23). The maximum absolute atomic E-state index is 12.7. The number of thiophene rings is 1. The van der Waals surface area contributed by atoms with Gasteiger partial charge in [-0.15, -0.1) is 23.1 Å². The number of ether oxygens (including phenoxy) is 1. The van der Waals surface area contributed by atoms with E-state index < -0.39 is 0 Å². The SMILES string of the molecule is CCSc1cccc(C(=O)Nc2sc3c(c2C#N)CCN(C(=O)OC)C3)c1. The summed E-state index contributed by atoms with van der Waals surface area (Å²) in [5.74, 6) is 0.686. The van der Waals surface area contributed by atoms with Crippen LogP contribution in [0.5, 0.6) is 0 Å². The number of methoxy groups -OCH3 is 1. The van der Waals surface area contributed by atoms with E-state index in [0.29, 0.717) is 35.6 Å². The van der Waals surface area contributed by atoms with Crippen molar-refractivity contribution < 1.29 is 14.3 Å². The molecule has 1 aromatic carbocycles. The molecule has 140 valence electrons. The van der Waals surface area contributed by atoms with Gasteiger partial charge in [0.05, 0.1) is 19.2 Å². The summed E-state index contributed by atoms with van der Waals surface area (Å²) in [6.07, 6.45) is 0.186. The summed E-state index contributed by atoms with van der Waals surface area (Å²) in [6, 6.07) is 9.64. The number of nitrogens with zero attached hydrogens (tertiary/aromatic N) is 2. The molecule has 0 fully saturated rings. The summed E-state index contributed by atoms with van der Waals surface area (Å²) in [6.45, 7) is 2.94. The fourth-order valence-electron chi connectivity index (χ4n) is 2.96. The number of amides is 2. The molecule has 0 atom stereocenters. The quantitative estimate of drug-likeness (QED) is 0.780. The topological polar surface area (TPSA) is 82.4 Å². The number of hydrogen-bond donors (Lipinski definition) is 1. The molecule has 2 heterocycles. The first kappa shape index (κ1) is 19.3. The van der Waals surface area contributed by atoms with Crippen LogP contribution >= 0.6 is 23.1 Å². The number of anilines is 1. The van der Waals surface area contributed by atoms with Gasteiger partial charge >= 0.3 is 6.09 Å². The van der Waals surface area contributed by atoms with E-state index in [1.807, 2.05) is 18.2 Å². The lowest BCUT2D eigenvalue weighted by molar-refractivity contribution is 0.102. The number of rotatable bonds is 4. The van der Waals surface area contributed by atoms with Gasteiger partial charge in [-0.3, -0.25) is 4.79 Å².